The van der Waals surface area contributed by atoms with E-state index in [-0.39, 0.29) is 31.1 Å². The Morgan fingerprint density at radius 1 is 0.688 bits per heavy atom. The van der Waals surface area contributed by atoms with Gasteiger partial charge in [0.25, 0.3) is 0 Å². The molecule has 9 heteroatoms. The lowest BCUT2D eigenvalue weighted by atomic mass is 9.99. The number of carbonyl (C=O) groups excluding carboxylic acids is 2. The number of anilines is 1. The van der Waals surface area contributed by atoms with Gasteiger partial charge in [-0.15, -0.1) is 0 Å². The van der Waals surface area contributed by atoms with E-state index >= 15 is 0 Å². The second kappa shape index (κ2) is 18.2. The molecule has 1 fully saturated rings. The summed E-state index contributed by atoms with van der Waals surface area (Å²) in [7, 11) is 0. The number of ether oxygens (including phenoxy) is 2. The van der Waals surface area contributed by atoms with Gasteiger partial charge in [0.2, 0.25) is 11.8 Å². The zero-order valence-corrected chi connectivity index (χ0v) is 27.2. The Balaban J connectivity index is 1.27. The van der Waals surface area contributed by atoms with Crippen LogP contribution >= 0.6 is 0 Å². The number of rotatable bonds is 16. The first-order valence-corrected chi connectivity index (χ1v) is 16.6. The fraction of sp³-hybridized carbons (Fsp3) is 0.333. The van der Waals surface area contributed by atoms with Crippen LogP contribution in [0.2, 0.25) is 0 Å². The van der Waals surface area contributed by atoms with Gasteiger partial charge < -0.3 is 19.9 Å². The highest BCUT2D eigenvalue weighted by molar-refractivity contribution is 5.90. The van der Waals surface area contributed by atoms with Gasteiger partial charge in [-0.3, -0.25) is 19.7 Å². The summed E-state index contributed by atoms with van der Waals surface area (Å²) in [5.74, 6) is -0.512. The number of nitrogens with one attached hydrogen (secondary N) is 2. The van der Waals surface area contributed by atoms with Gasteiger partial charge in [0.15, 0.2) is 6.29 Å². The van der Waals surface area contributed by atoms with E-state index in [2.05, 4.69) is 58.7 Å². The van der Waals surface area contributed by atoms with Crippen molar-refractivity contribution in [2.75, 3.05) is 11.9 Å². The van der Waals surface area contributed by atoms with Crippen molar-refractivity contribution < 1.29 is 29.4 Å². The van der Waals surface area contributed by atoms with Crippen LogP contribution in [-0.4, -0.2) is 39.7 Å². The number of hydrogen-bond acceptors (Lipinski definition) is 7. The molecule has 1 aliphatic heterocycles. The quantitative estimate of drug-likeness (QED) is 0.0596. The highest BCUT2D eigenvalue weighted by Crippen LogP contribution is 2.38. The maximum atomic E-state index is 12.5. The van der Waals surface area contributed by atoms with Gasteiger partial charge in [0, 0.05) is 50.1 Å². The number of benzene rings is 4. The van der Waals surface area contributed by atoms with Gasteiger partial charge in [0.1, 0.15) is 0 Å². The van der Waals surface area contributed by atoms with Crippen LogP contribution in [0.1, 0.15) is 78.7 Å². The van der Waals surface area contributed by atoms with E-state index < -0.39 is 12.2 Å². The molecular formula is C39H45N3O6. The number of aliphatic hydroxyl groups excluding tert-OH is 1. The zero-order chi connectivity index (χ0) is 33.6. The molecule has 4 aromatic rings. The number of hydroxylamine groups is 1. The van der Waals surface area contributed by atoms with Gasteiger partial charge in [-0.25, -0.2) is 5.48 Å². The Hall–Kier alpha value is -4.38. The number of aliphatic hydroxyl groups is 1. The monoisotopic (exact) mass is 651 g/mol. The smallest absolute Gasteiger partial charge is 0.243 e. The van der Waals surface area contributed by atoms with Crippen molar-refractivity contribution in [2.45, 2.75) is 76.7 Å². The standard InChI is InChI=1S/C39H45N3O6/c43-28-31-16-18-32(19-17-31)36-24-35(27-42(25-29-10-4-1-5-11-29)26-30-12-6-2-7-13-30)47-39(48-36)33-20-22-34(23-21-33)40-37(44)14-8-3-9-15-38(45)41-46/h1-2,4-7,10-13,16-23,35-36,39,43,46H,3,8-9,14-15,24-28H2,(H,40,44)(H,41,45)/t35-,36+,39+/m1/s1. The number of nitrogens with zero attached hydrogens (tertiary/aromatic N) is 1. The molecule has 1 heterocycles. The molecule has 9 nitrogen and oxygen atoms in total. The number of carbonyl (C=O) groups is 2. The average Bonchev–Trinajstić information content (AvgIpc) is 3.12. The van der Waals surface area contributed by atoms with Gasteiger partial charge >= 0.3 is 0 Å². The largest absolute Gasteiger partial charge is 0.392 e. The predicted octanol–water partition coefficient (Wildman–Crippen LogP) is 6.82. The van der Waals surface area contributed by atoms with Crippen LogP contribution in [0.15, 0.2) is 109 Å². The minimum Gasteiger partial charge on any atom is -0.392 e. The molecule has 4 N–H and O–H groups in total. The van der Waals surface area contributed by atoms with Crippen molar-refractivity contribution in [1.82, 2.24) is 10.4 Å². The minimum absolute atomic E-state index is 0.0136. The average molecular weight is 652 g/mol. The van der Waals surface area contributed by atoms with E-state index in [9.17, 15) is 14.7 Å². The highest BCUT2D eigenvalue weighted by Gasteiger charge is 2.33. The summed E-state index contributed by atoms with van der Waals surface area (Å²) in [4.78, 5) is 26.1. The molecule has 0 radical (unpaired) electrons. The van der Waals surface area contributed by atoms with Crippen LogP contribution < -0.4 is 10.8 Å². The summed E-state index contributed by atoms with van der Waals surface area (Å²) < 4.78 is 13.2. The van der Waals surface area contributed by atoms with Gasteiger partial charge in [-0.05, 0) is 47.2 Å². The molecule has 3 atom stereocenters. The van der Waals surface area contributed by atoms with Crippen molar-refractivity contribution in [2.24, 2.45) is 0 Å². The van der Waals surface area contributed by atoms with E-state index in [0.29, 0.717) is 37.9 Å². The summed E-state index contributed by atoms with van der Waals surface area (Å²) in [6.07, 6.45) is 2.29. The topological polar surface area (TPSA) is 120 Å². The second-order valence-electron chi connectivity index (χ2n) is 12.3. The van der Waals surface area contributed by atoms with Gasteiger partial charge in [-0.1, -0.05) is 103 Å². The molecule has 0 bridgehead atoms. The molecule has 48 heavy (non-hydrogen) atoms. The molecule has 0 spiro atoms. The molecular weight excluding hydrogens is 606 g/mol. The Morgan fingerprint density at radius 2 is 1.27 bits per heavy atom. The molecule has 1 aliphatic rings. The Morgan fingerprint density at radius 3 is 1.85 bits per heavy atom. The minimum atomic E-state index is -0.609. The zero-order valence-electron chi connectivity index (χ0n) is 27.2. The van der Waals surface area contributed by atoms with Crippen molar-refractivity contribution in [1.29, 1.82) is 0 Å². The summed E-state index contributed by atoms with van der Waals surface area (Å²) in [6, 6.07) is 36.4. The lowest BCUT2D eigenvalue weighted by molar-refractivity contribution is -0.253. The SMILES string of the molecule is O=C(CCCCCC(=O)Nc1ccc([C@H]2O[C@@H](CN(Cc3ccccc3)Cc3ccccc3)C[C@@H](c3ccc(CO)cc3)O2)cc1)NO. The molecule has 0 unspecified atom stereocenters. The Bertz CT molecular complexity index is 1510. The Labute approximate surface area is 282 Å². The summed E-state index contributed by atoms with van der Waals surface area (Å²) >= 11 is 0. The summed E-state index contributed by atoms with van der Waals surface area (Å²) in [6.45, 7) is 2.25. The molecule has 0 aromatic heterocycles. The van der Waals surface area contributed by atoms with Crippen molar-refractivity contribution in [3.05, 3.63) is 137 Å². The molecule has 0 aliphatic carbocycles. The van der Waals surface area contributed by atoms with Gasteiger partial charge in [-0.2, -0.15) is 0 Å². The first kappa shape index (κ1) is 34.9. The molecule has 1 saturated heterocycles. The van der Waals surface area contributed by atoms with E-state index in [0.717, 1.165) is 36.2 Å². The van der Waals surface area contributed by atoms with Crippen LogP contribution in [0.5, 0.6) is 0 Å². The molecule has 5 rings (SSSR count). The lowest BCUT2D eigenvalue weighted by Gasteiger charge is -2.38. The molecule has 4 aromatic carbocycles. The van der Waals surface area contributed by atoms with E-state index in [4.69, 9.17) is 14.7 Å². The third-order valence-corrected chi connectivity index (χ3v) is 8.47. The van der Waals surface area contributed by atoms with Crippen LogP contribution in [0.4, 0.5) is 5.69 Å². The number of unbranched alkanes of at least 4 members (excludes halogenated alkanes) is 2. The van der Waals surface area contributed by atoms with E-state index in [1.807, 2.05) is 60.7 Å². The van der Waals surface area contributed by atoms with E-state index in [1.165, 1.54) is 11.1 Å². The fourth-order valence-corrected chi connectivity index (χ4v) is 5.94. The van der Waals surface area contributed by atoms with Crippen molar-refractivity contribution in [3.63, 3.8) is 0 Å². The molecule has 0 saturated carbocycles. The van der Waals surface area contributed by atoms with Crippen LogP contribution in [0.3, 0.4) is 0 Å². The summed E-state index contributed by atoms with van der Waals surface area (Å²) in [5.41, 5.74) is 7.52. The molecule has 252 valence electrons. The lowest BCUT2D eigenvalue weighted by Crippen LogP contribution is -2.39. The maximum Gasteiger partial charge on any atom is 0.243 e. The van der Waals surface area contributed by atoms with Crippen LogP contribution in [0, 0.1) is 0 Å². The second-order valence-corrected chi connectivity index (χ2v) is 12.3. The predicted molar refractivity (Wildman–Crippen MR) is 184 cm³/mol. The van der Waals surface area contributed by atoms with Crippen LogP contribution in [-0.2, 0) is 38.8 Å². The Kier molecular flexibility index (Phi) is 13.3. The number of amides is 2. The van der Waals surface area contributed by atoms with Crippen molar-refractivity contribution in [3.8, 4) is 0 Å². The fourth-order valence-electron chi connectivity index (χ4n) is 5.94. The molecule has 2 amide bonds. The van der Waals surface area contributed by atoms with Crippen LogP contribution in [0.25, 0.3) is 0 Å². The first-order chi connectivity index (χ1) is 23.5. The first-order valence-electron chi connectivity index (χ1n) is 16.6. The normalized spacial score (nSPS) is 17.6. The maximum absolute atomic E-state index is 12.5. The highest BCUT2D eigenvalue weighted by atomic mass is 16.7. The van der Waals surface area contributed by atoms with Crippen molar-refractivity contribution >= 4 is 17.5 Å². The third kappa shape index (κ3) is 10.8. The van der Waals surface area contributed by atoms with E-state index in [1.54, 1.807) is 5.48 Å². The summed E-state index contributed by atoms with van der Waals surface area (Å²) in [5, 5.41) is 21.1. The number of hydrogen-bond donors (Lipinski definition) is 4. The third-order valence-electron chi connectivity index (χ3n) is 8.47. The van der Waals surface area contributed by atoms with Gasteiger partial charge in [0.05, 0.1) is 18.8 Å².